The molecule has 38 heavy (non-hydrogen) atoms. The van der Waals surface area contributed by atoms with Crippen LogP contribution in [-0.2, 0) is 17.8 Å². The minimum Gasteiger partial charge on any atom is -0.351 e. The quantitative estimate of drug-likeness (QED) is 0.252. The molecule has 6 rings (SSSR count). The van der Waals surface area contributed by atoms with E-state index in [0.29, 0.717) is 32.8 Å². The zero-order chi connectivity index (χ0) is 26.4. The van der Waals surface area contributed by atoms with E-state index in [2.05, 4.69) is 23.1 Å². The highest BCUT2D eigenvalue weighted by molar-refractivity contribution is 8.26. The Morgan fingerprint density at radius 1 is 1.00 bits per heavy atom. The first-order valence-corrected chi connectivity index (χ1v) is 13.8. The number of hydrogen-bond donors (Lipinski definition) is 0. The van der Waals surface area contributed by atoms with Gasteiger partial charge in [-0.1, -0.05) is 84.6 Å². The van der Waals surface area contributed by atoms with E-state index in [9.17, 15) is 9.59 Å². The molecule has 0 N–H and O–H groups in total. The van der Waals surface area contributed by atoms with Gasteiger partial charge in [0.25, 0.3) is 11.5 Å². The molecular weight excluding hydrogens is 512 g/mol. The van der Waals surface area contributed by atoms with Crippen LogP contribution in [0.1, 0.15) is 40.8 Å². The molecule has 2 aromatic carbocycles. The van der Waals surface area contributed by atoms with Gasteiger partial charge in [0, 0.05) is 19.3 Å². The van der Waals surface area contributed by atoms with Crippen molar-refractivity contribution in [1.82, 2.24) is 14.3 Å². The van der Waals surface area contributed by atoms with Crippen molar-refractivity contribution in [1.29, 1.82) is 0 Å². The van der Waals surface area contributed by atoms with E-state index in [0.717, 1.165) is 24.1 Å². The lowest BCUT2D eigenvalue weighted by Crippen LogP contribution is -2.34. The molecule has 0 aliphatic carbocycles. The molecule has 4 aromatic rings. The molecule has 8 heteroatoms. The van der Waals surface area contributed by atoms with Crippen LogP contribution in [0, 0.1) is 6.92 Å². The fourth-order valence-electron chi connectivity index (χ4n) is 5.17. The average molecular weight is 539 g/mol. The Labute approximate surface area is 230 Å². The number of pyridine rings is 1. The second-order valence-electron chi connectivity index (χ2n) is 9.62. The summed E-state index contributed by atoms with van der Waals surface area (Å²) in [5.41, 5.74) is 5.27. The number of aryl methyl sites for hydroxylation is 1. The Balaban J connectivity index is 1.46. The van der Waals surface area contributed by atoms with Crippen LogP contribution in [0.4, 0.5) is 5.82 Å². The van der Waals surface area contributed by atoms with Gasteiger partial charge in [0.2, 0.25) is 0 Å². The van der Waals surface area contributed by atoms with Crippen LogP contribution in [0.2, 0.25) is 0 Å². The highest BCUT2D eigenvalue weighted by Crippen LogP contribution is 2.38. The summed E-state index contributed by atoms with van der Waals surface area (Å²) >= 11 is 6.87. The fourth-order valence-corrected chi connectivity index (χ4v) is 6.57. The maximum Gasteiger partial charge on any atom is 0.267 e. The summed E-state index contributed by atoms with van der Waals surface area (Å²) in [6, 6.07) is 21.8. The van der Waals surface area contributed by atoms with Crippen LogP contribution in [0.25, 0.3) is 11.7 Å². The summed E-state index contributed by atoms with van der Waals surface area (Å²) in [5.74, 6) is 0.403. The normalized spacial score (nSPS) is 17.4. The van der Waals surface area contributed by atoms with Gasteiger partial charge < -0.3 is 4.90 Å². The largest absolute Gasteiger partial charge is 0.351 e. The van der Waals surface area contributed by atoms with E-state index in [4.69, 9.17) is 17.2 Å². The number of carbonyl (C=O) groups excluding carboxylic acids is 1. The second-order valence-corrected chi connectivity index (χ2v) is 11.3. The maximum atomic E-state index is 13.9. The van der Waals surface area contributed by atoms with Crippen LogP contribution in [0.5, 0.6) is 0 Å². The molecule has 2 aromatic heterocycles. The predicted octanol–water partition coefficient (Wildman–Crippen LogP) is 5.53. The minimum absolute atomic E-state index is 0.194. The molecular formula is C30H26N4O2S2. The highest BCUT2D eigenvalue weighted by atomic mass is 32.2. The molecule has 0 spiro atoms. The van der Waals surface area contributed by atoms with E-state index in [1.807, 2.05) is 62.4 Å². The fraction of sp³-hybridized carbons (Fsp3) is 0.200. The van der Waals surface area contributed by atoms with Gasteiger partial charge >= 0.3 is 0 Å². The van der Waals surface area contributed by atoms with Crippen molar-refractivity contribution in [3.05, 3.63) is 116 Å². The highest BCUT2D eigenvalue weighted by Gasteiger charge is 2.36. The van der Waals surface area contributed by atoms with Crippen LogP contribution in [-0.4, -0.2) is 31.1 Å². The van der Waals surface area contributed by atoms with Crippen LogP contribution >= 0.6 is 24.0 Å². The number of hydrogen-bond acceptors (Lipinski definition) is 6. The lowest BCUT2D eigenvalue weighted by atomic mass is 9.99. The first kappa shape index (κ1) is 24.6. The molecule has 1 atom stereocenters. The first-order valence-electron chi connectivity index (χ1n) is 12.6. The van der Waals surface area contributed by atoms with Gasteiger partial charge in [0.15, 0.2) is 0 Å². The van der Waals surface area contributed by atoms with E-state index in [1.165, 1.54) is 22.9 Å². The zero-order valence-electron chi connectivity index (χ0n) is 21.1. The monoisotopic (exact) mass is 538 g/mol. The molecule has 6 nitrogen and oxygen atoms in total. The average Bonchev–Trinajstić information content (AvgIpc) is 3.22. The van der Waals surface area contributed by atoms with Crippen molar-refractivity contribution in [3.63, 3.8) is 0 Å². The molecule has 0 saturated carbocycles. The number of amides is 1. The molecule has 4 heterocycles. The minimum atomic E-state index is -0.217. The van der Waals surface area contributed by atoms with Gasteiger partial charge in [-0.25, -0.2) is 4.98 Å². The molecule has 0 radical (unpaired) electrons. The summed E-state index contributed by atoms with van der Waals surface area (Å²) in [7, 11) is 0. The molecule has 1 fully saturated rings. The Hall–Kier alpha value is -3.75. The van der Waals surface area contributed by atoms with Gasteiger partial charge in [0.1, 0.15) is 15.8 Å². The molecule has 1 amide bonds. The summed E-state index contributed by atoms with van der Waals surface area (Å²) in [6.07, 6.45) is 4.28. The smallest absolute Gasteiger partial charge is 0.267 e. The Morgan fingerprint density at radius 2 is 1.74 bits per heavy atom. The van der Waals surface area contributed by atoms with Crippen molar-refractivity contribution in [2.75, 3.05) is 11.4 Å². The molecule has 2 aliphatic rings. The molecule has 190 valence electrons. The van der Waals surface area contributed by atoms with Gasteiger partial charge in [-0.2, -0.15) is 0 Å². The summed E-state index contributed by atoms with van der Waals surface area (Å²) < 4.78 is 2.05. The summed E-state index contributed by atoms with van der Waals surface area (Å²) in [6.45, 7) is 5.30. The number of thioether (sulfide) groups is 1. The number of aromatic nitrogens is 2. The van der Waals surface area contributed by atoms with Crippen LogP contribution in [0.15, 0.2) is 82.6 Å². The third kappa shape index (κ3) is 4.23. The van der Waals surface area contributed by atoms with Crippen LogP contribution < -0.4 is 10.5 Å². The number of anilines is 1. The molecule has 2 aliphatic heterocycles. The lowest BCUT2D eigenvalue weighted by Gasteiger charge is -2.31. The van der Waals surface area contributed by atoms with Crippen molar-refractivity contribution in [2.45, 2.75) is 32.9 Å². The van der Waals surface area contributed by atoms with Gasteiger partial charge in [-0.15, -0.1) is 0 Å². The third-order valence-corrected chi connectivity index (χ3v) is 8.59. The molecule has 1 saturated heterocycles. The standard InChI is InChI=1S/C30H26N4O2S2/c1-19-9-8-15-33-26(19)31-27(32-16-14-22-12-6-7-13-23(22)18-32)24(28(33)35)17-25-29(36)34(30(37)38-25)20(2)21-10-4-3-5-11-21/h3-13,15,17,20H,14,16,18H2,1-2H3/b25-17-/t20-/m0/s1. The van der Waals surface area contributed by atoms with E-state index in [1.54, 1.807) is 21.6 Å². The number of fused-ring (bicyclic) bond motifs is 2. The zero-order valence-corrected chi connectivity index (χ0v) is 22.8. The predicted molar refractivity (Wildman–Crippen MR) is 157 cm³/mol. The van der Waals surface area contributed by atoms with E-state index >= 15 is 0 Å². The van der Waals surface area contributed by atoms with Gasteiger partial charge in [-0.05, 0) is 54.7 Å². The van der Waals surface area contributed by atoms with Crippen molar-refractivity contribution < 1.29 is 4.79 Å². The first-order chi connectivity index (χ1) is 18.4. The Kier molecular flexibility index (Phi) is 6.37. The molecule has 0 unspecified atom stereocenters. The molecule has 0 bridgehead atoms. The SMILES string of the molecule is Cc1cccn2c(=O)c(/C=C3\SC(=S)N([C@@H](C)c4ccccc4)C3=O)c(N3CCc4ccccc4C3)nc12. The Bertz CT molecular complexity index is 1680. The number of nitrogens with zero attached hydrogens (tertiary/aromatic N) is 4. The van der Waals surface area contributed by atoms with Crippen molar-refractivity contribution >= 4 is 51.7 Å². The van der Waals surface area contributed by atoms with Gasteiger partial charge in [0.05, 0.1) is 16.5 Å². The number of thiocarbonyl (C=S) groups is 1. The second kappa shape index (κ2) is 9.85. The van der Waals surface area contributed by atoms with E-state index in [-0.39, 0.29) is 17.5 Å². The van der Waals surface area contributed by atoms with Crippen molar-refractivity contribution in [3.8, 4) is 0 Å². The van der Waals surface area contributed by atoms with Crippen molar-refractivity contribution in [2.24, 2.45) is 0 Å². The number of rotatable bonds is 4. The summed E-state index contributed by atoms with van der Waals surface area (Å²) in [4.78, 5) is 36.7. The third-order valence-electron chi connectivity index (χ3n) is 7.26. The summed E-state index contributed by atoms with van der Waals surface area (Å²) in [5, 5.41) is 0. The van der Waals surface area contributed by atoms with Crippen LogP contribution in [0.3, 0.4) is 0 Å². The van der Waals surface area contributed by atoms with Gasteiger partial charge in [-0.3, -0.25) is 18.9 Å². The van der Waals surface area contributed by atoms with E-state index < -0.39 is 0 Å². The number of carbonyl (C=O) groups is 1. The lowest BCUT2D eigenvalue weighted by molar-refractivity contribution is -0.123. The topological polar surface area (TPSA) is 57.9 Å². The maximum absolute atomic E-state index is 13.9. The number of benzene rings is 2. The Morgan fingerprint density at radius 3 is 2.53 bits per heavy atom.